The van der Waals surface area contributed by atoms with Crippen LogP contribution >= 0.6 is 0 Å². The maximum absolute atomic E-state index is 12.6. The monoisotopic (exact) mass is 332 g/mol. The van der Waals surface area contributed by atoms with E-state index in [4.69, 9.17) is 10.2 Å². The molecular formula is C14H24N2O5S. The molecule has 0 saturated heterocycles. The Balaban J connectivity index is 3.28. The summed E-state index contributed by atoms with van der Waals surface area (Å²) in [5.41, 5.74) is 5.02. The summed E-state index contributed by atoms with van der Waals surface area (Å²) < 4.78 is 37.8. The van der Waals surface area contributed by atoms with Crippen molar-refractivity contribution in [3.63, 3.8) is 0 Å². The van der Waals surface area contributed by atoms with Crippen molar-refractivity contribution in [2.75, 3.05) is 13.7 Å². The maximum Gasteiger partial charge on any atom is 0.373 e. The fourth-order valence-corrected chi connectivity index (χ4v) is 3.95. The average Bonchev–Trinajstić information content (AvgIpc) is 2.97. The van der Waals surface area contributed by atoms with Crippen molar-refractivity contribution in [2.24, 2.45) is 5.73 Å². The third-order valence-corrected chi connectivity index (χ3v) is 5.49. The van der Waals surface area contributed by atoms with E-state index in [9.17, 15) is 13.2 Å². The average molecular weight is 332 g/mol. The highest BCUT2D eigenvalue weighted by molar-refractivity contribution is 7.89. The Morgan fingerprint density at radius 3 is 2.36 bits per heavy atom. The van der Waals surface area contributed by atoms with Crippen molar-refractivity contribution >= 4 is 16.0 Å². The van der Waals surface area contributed by atoms with Gasteiger partial charge in [0.1, 0.15) is 10.7 Å². The second kappa shape index (κ2) is 7.26. The number of methoxy groups -OCH3 is 1. The van der Waals surface area contributed by atoms with Crippen LogP contribution in [0.4, 0.5) is 0 Å². The Hall–Kier alpha value is -1.38. The standard InChI is InChI=1S/C14H24N2O5S/c1-5-10-12(8-11(21-10)13(17)20-4)22(18,19)16-14(6-2,7-3)9-15/h8,16H,5-7,9,15H2,1-4H3. The highest BCUT2D eigenvalue weighted by Crippen LogP contribution is 2.25. The largest absolute Gasteiger partial charge is 0.463 e. The van der Waals surface area contributed by atoms with Gasteiger partial charge < -0.3 is 14.9 Å². The molecule has 0 saturated carbocycles. The van der Waals surface area contributed by atoms with Gasteiger partial charge in [0.2, 0.25) is 15.8 Å². The van der Waals surface area contributed by atoms with Crippen molar-refractivity contribution < 1.29 is 22.4 Å². The number of hydrogen-bond donors (Lipinski definition) is 2. The fraction of sp³-hybridized carbons (Fsp3) is 0.643. The predicted molar refractivity (Wildman–Crippen MR) is 82.1 cm³/mol. The van der Waals surface area contributed by atoms with Crippen molar-refractivity contribution in [3.8, 4) is 0 Å². The lowest BCUT2D eigenvalue weighted by atomic mass is 9.95. The van der Waals surface area contributed by atoms with E-state index in [1.165, 1.54) is 13.2 Å². The van der Waals surface area contributed by atoms with Gasteiger partial charge in [0.25, 0.3) is 0 Å². The van der Waals surface area contributed by atoms with Crippen molar-refractivity contribution in [1.29, 1.82) is 0 Å². The third kappa shape index (κ3) is 3.68. The lowest BCUT2D eigenvalue weighted by Gasteiger charge is -2.30. The van der Waals surface area contributed by atoms with Gasteiger partial charge in [0, 0.05) is 24.6 Å². The van der Waals surface area contributed by atoms with E-state index < -0.39 is 21.5 Å². The molecule has 126 valence electrons. The van der Waals surface area contributed by atoms with Crippen LogP contribution in [-0.4, -0.2) is 33.6 Å². The molecule has 0 radical (unpaired) electrons. The molecule has 0 unspecified atom stereocenters. The van der Waals surface area contributed by atoms with Gasteiger partial charge in [-0.3, -0.25) is 0 Å². The van der Waals surface area contributed by atoms with Crippen LogP contribution in [-0.2, 0) is 21.2 Å². The summed E-state index contributed by atoms with van der Waals surface area (Å²) in [5, 5.41) is 0. The first-order valence-electron chi connectivity index (χ1n) is 7.24. The van der Waals surface area contributed by atoms with E-state index in [0.29, 0.717) is 19.3 Å². The quantitative estimate of drug-likeness (QED) is 0.696. The van der Waals surface area contributed by atoms with Crippen LogP contribution in [0.25, 0.3) is 0 Å². The Labute approximate surface area is 131 Å². The Kier molecular flexibility index (Phi) is 6.16. The summed E-state index contributed by atoms with van der Waals surface area (Å²) in [6.45, 7) is 5.67. The molecule has 0 aliphatic carbocycles. The topological polar surface area (TPSA) is 112 Å². The molecule has 1 heterocycles. The number of hydrogen-bond acceptors (Lipinski definition) is 6. The molecule has 7 nitrogen and oxygen atoms in total. The minimum Gasteiger partial charge on any atom is -0.463 e. The molecule has 0 aromatic carbocycles. The molecular weight excluding hydrogens is 308 g/mol. The fourth-order valence-electron chi connectivity index (χ4n) is 2.15. The van der Waals surface area contributed by atoms with Crippen molar-refractivity contribution in [2.45, 2.75) is 50.5 Å². The van der Waals surface area contributed by atoms with E-state index in [2.05, 4.69) is 9.46 Å². The number of ether oxygens (including phenoxy) is 1. The first-order chi connectivity index (χ1) is 10.3. The smallest absolute Gasteiger partial charge is 0.373 e. The molecule has 0 bridgehead atoms. The number of furan rings is 1. The zero-order valence-corrected chi connectivity index (χ0v) is 14.2. The lowest BCUT2D eigenvalue weighted by Crippen LogP contribution is -2.52. The molecule has 1 aromatic rings. The highest BCUT2D eigenvalue weighted by Gasteiger charge is 2.34. The number of carbonyl (C=O) groups is 1. The molecule has 0 aliphatic rings. The third-order valence-electron chi connectivity index (χ3n) is 3.86. The molecule has 22 heavy (non-hydrogen) atoms. The van der Waals surface area contributed by atoms with E-state index >= 15 is 0 Å². The Morgan fingerprint density at radius 2 is 1.95 bits per heavy atom. The minimum absolute atomic E-state index is 0.0462. The van der Waals surface area contributed by atoms with Gasteiger partial charge in [-0.25, -0.2) is 17.9 Å². The first kappa shape index (κ1) is 18.7. The maximum atomic E-state index is 12.6. The van der Waals surface area contributed by atoms with Crippen LogP contribution in [0.1, 0.15) is 49.9 Å². The molecule has 0 atom stereocenters. The van der Waals surface area contributed by atoms with E-state index in [1.54, 1.807) is 6.92 Å². The van der Waals surface area contributed by atoms with Crippen LogP contribution in [0, 0.1) is 0 Å². The highest BCUT2D eigenvalue weighted by atomic mass is 32.2. The zero-order valence-electron chi connectivity index (χ0n) is 13.4. The zero-order chi connectivity index (χ0) is 17.0. The molecule has 0 amide bonds. The molecule has 0 fully saturated rings. The summed E-state index contributed by atoms with van der Waals surface area (Å²) >= 11 is 0. The SMILES string of the molecule is CCc1oc(C(=O)OC)cc1S(=O)(=O)NC(CC)(CC)CN. The van der Waals surface area contributed by atoms with Gasteiger partial charge in [-0.1, -0.05) is 20.8 Å². The van der Waals surface area contributed by atoms with Gasteiger partial charge in [0.05, 0.1) is 7.11 Å². The Morgan fingerprint density at radius 1 is 1.36 bits per heavy atom. The second-order valence-electron chi connectivity index (χ2n) is 5.04. The molecule has 0 aliphatic heterocycles. The van der Waals surface area contributed by atoms with Crippen molar-refractivity contribution in [3.05, 3.63) is 17.6 Å². The number of aryl methyl sites for hydroxylation is 1. The van der Waals surface area contributed by atoms with Crippen LogP contribution in [0.2, 0.25) is 0 Å². The molecule has 1 rings (SSSR count). The summed E-state index contributed by atoms with van der Waals surface area (Å²) in [6.07, 6.45) is 1.45. The molecule has 8 heteroatoms. The van der Waals surface area contributed by atoms with Crippen LogP contribution in [0.5, 0.6) is 0 Å². The lowest BCUT2D eigenvalue weighted by molar-refractivity contribution is 0.0563. The number of nitrogens with two attached hydrogens (primary N) is 1. The van der Waals surface area contributed by atoms with Gasteiger partial charge in [-0.2, -0.15) is 0 Å². The second-order valence-corrected chi connectivity index (χ2v) is 6.69. The molecule has 0 spiro atoms. The van der Waals surface area contributed by atoms with Crippen LogP contribution in [0.15, 0.2) is 15.4 Å². The van der Waals surface area contributed by atoms with Crippen molar-refractivity contribution in [1.82, 2.24) is 4.72 Å². The van der Waals surface area contributed by atoms with Crippen LogP contribution < -0.4 is 10.5 Å². The predicted octanol–water partition coefficient (Wildman–Crippen LogP) is 1.42. The van der Waals surface area contributed by atoms with Gasteiger partial charge in [0.15, 0.2) is 0 Å². The number of nitrogens with one attached hydrogen (secondary N) is 1. The van der Waals surface area contributed by atoms with Gasteiger partial charge in [-0.05, 0) is 12.8 Å². The van der Waals surface area contributed by atoms with E-state index in [-0.39, 0.29) is 23.0 Å². The number of sulfonamides is 1. The number of esters is 1. The van der Waals surface area contributed by atoms with Crippen LogP contribution in [0.3, 0.4) is 0 Å². The summed E-state index contributed by atoms with van der Waals surface area (Å²) in [6, 6.07) is 1.19. The minimum atomic E-state index is -3.85. The summed E-state index contributed by atoms with van der Waals surface area (Å²) in [5.74, 6) is -0.635. The van der Waals surface area contributed by atoms with Gasteiger partial charge >= 0.3 is 5.97 Å². The molecule has 3 N–H and O–H groups in total. The van der Waals surface area contributed by atoms with Gasteiger partial charge in [-0.15, -0.1) is 0 Å². The summed E-state index contributed by atoms with van der Waals surface area (Å²) in [4.78, 5) is 11.5. The number of rotatable bonds is 8. The number of carbonyl (C=O) groups excluding carboxylic acids is 1. The van der Waals surface area contributed by atoms with E-state index in [1.807, 2.05) is 13.8 Å². The first-order valence-corrected chi connectivity index (χ1v) is 8.72. The Bertz CT molecular complexity index is 609. The normalized spacial score (nSPS) is 12.4. The summed E-state index contributed by atoms with van der Waals surface area (Å²) in [7, 11) is -2.64. The molecule has 1 aromatic heterocycles. The van der Waals surface area contributed by atoms with E-state index in [0.717, 1.165) is 0 Å².